The number of hydrogen-bond donors (Lipinski definition) is 1. The van der Waals surface area contributed by atoms with Crippen LogP contribution in [0.4, 0.5) is 5.82 Å². The Morgan fingerprint density at radius 1 is 1.20 bits per heavy atom. The second-order valence-electron chi connectivity index (χ2n) is 5.85. The van der Waals surface area contributed by atoms with Crippen molar-refractivity contribution in [3.63, 3.8) is 0 Å². The standard InChI is InChI=1S/C18H16Cl2N4S/c1-11-12(4-3-7-21-11)8-22-18-13-9-25-10-15(13)23-24(18)16-6-2-5-14(19)17(16)20/h2-7,22H,8-10H2,1H3. The third-order valence-corrected chi connectivity index (χ3v) is 6.05. The van der Waals surface area contributed by atoms with Crippen LogP contribution in [0.25, 0.3) is 5.69 Å². The second-order valence-corrected chi connectivity index (χ2v) is 7.62. The van der Waals surface area contributed by atoms with Crippen molar-refractivity contribution >= 4 is 40.8 Å². The maximum atomic E-state index is 6.43. The van der Waals surface area contributed by atoms with Gasteiger partial charge in [0.2, 0.25) is 0 Å². The van der Waals surface area contributed by atoms with Gasteiger partial charge in [-0.25, -0.2) is 4.68 Å². The van der Waals surface area contributed by atoms with Gasteiger partial charge in [0.1, 0.15) is 5.82 Å². The van der Waals surface area contributed by atoms with Gasteiger partial charge in [-0.3, -0.25) is 4.98 Å². The Labute approximate surface area is 160 Å². The van der Waals surface area contributed by atoms with Gasteiger partial charge in [-0.05, 0) is 30.7 Å². The second kappa shape index (κ2) is 6.90. The molecule has 3 aromatic rings. The molecule has 0 saturated carbocycles. The normalized spacial score (nSPS) is 13.1. The molecule has 0 fully saturated rings. The van der Waals surface area contributed by atoms with Crippen LogP contribution in [0.5, 0.6) is 0 Å². The fraction of sp³-hybridized carbons (Fsp3) is 0.222. The summed E-state index contributed by atoms with van der Waals surface area (Å²) >= 11 is 14.5. The van der Waals surface area contributed by atoms with E-state index in [9.17, 15) is 0 Å². The number of aryl methyl sites for hydroxylation is 1. The highest BCUT2D eigenvalue weighted by molar-refractivity contribution is 7.98. The van der Waals surface area contributed by atoms with E-state index >= 15 is 0 Å². The van der Waals surface area contributed by atoms with E-state index in [1.165, 1.54) is 5.56 Å². The molecule has 0 radical (unpaired) electrons. The molecule has 0 unspecified atom stereocenters. The summed E-state index contributed by atoms with van der Waals surface area (Å²) in [6, 6.07) is 9.64. The van der Waals surface area contributed by atoms with Crippen LogP contribution in [0.15, 0.2) is 36.5 Å². The Kier molecular flexibility index (Phi) is 4.63. The minimum atomic E-state index is 0.513. The third-order valence-electron chi connectivity index (χ3n) is 4.27. The van der Waals surface area contributed by atoms with E-state index in [0.717, 1.165) is 40.0 Å². The van der Waals surface area contributed by atoms with Crippen molar-refractivity contribution in [2.75, 3.05) is 5.32 Å². The zero-order valence-corrected chi connectivity index (χ0v) is 15.9. The van der Waals surface area contributed by atoms with Gasteiger partial charge in [-0.1, -0.05) is 35.3 Å². The first-order valence-electron chi connectivity index (χ1n) is 7.92. The van der Waals surface area contributed by atoms with Crippen LogP contribution in [0, 0.1) is 6.92 Å². The highest BCUT2D eigenvalue weighted by Gasteiger charge is 2.24. The molecule has 0 aliphatic carbocycles. The highest BCUT2D eigenvalue weighted by atomic mass is 35.5. The molecule has 1 aliphatic heterocycles. The first kappa shape index (κ1) is 16.8. The topological polar surface area (TPSA) is 42.7 Å². The highest BCUT2D eigenvalue weighted by Crippen LogP contribution is 2.38. The summed E-state index contributed by atoms with van der Waals surface area (Å²) in [6.45, 7) is 2.70. The Morgan fingerprint density at radius 3 is 2.92 bits per heavy atom. The van der Waals surface area contributed by atoms with Gasteiger partial charge in [-0.2, -0.15) is 16.9 Å². The van der Waals surface area contributed by atoms with Crippen LogP contribution < -0.4 is 5.32 Å². The van der Waals surface area contributed by atoms with Gasteiger partial charge in [-0.15, -0.1) is 0 Å². The number of rotatable bonds is 4. The molecule has 1 aliphatic rings. The number of aromatic nitrogens is 3. The van der Waals surface area contributed by atoms with Crippen LogP contribution in [0.1, 0.15) is 22.5 Å². The average Bonchev–Trinajstić information content (AvgIpc) is 3.18. The molecule has 2 aromatic heterocycles. The van der Waals surface area contributed by atoms with E-state index in [4.69, 9.17) is 28.3 Å². The monoisotopic (exact) mass is 390 g/mol. The van der Waals surface area contributed by atoms with E-state index in [1.54, 1.807) is 6.07 Å². The maximum absolute atomic E-state index is 6.43. The fourth-order valence-corrected chi connectivity index (χ4v) is 4.32. The maximum Gasteiger partial charge on any atom is 0.134 e. The lowest BCUT2D eigenvalue weighted by atomic mass is 10.2. The molecule has 0 amide bonds. The number of fused-ring (bicyclic) bond motifs is 1. The van der Waals surface area contributed by atoms with Crippen LogP contribution in [0.2, 0.25) is 10.0 Å². The number of pyridine rings is 1. The number of thioether (sulfide) groups is 1. The number of anilines is 1. The van der Waals surface area contributed by atoms with Crippen molar-refractivity contribution in [1.29, 1.82) is 0 Å². The summed E-state index contributed by atoms with van der Waals surface area (Å²) in [5.74, 6) is 2.84. The quantitative estimate of drug-likeness (QED) is 0.660. The summed E-state index contributed by atoms with van der Waals surface area (Å²) in [4.78, 5) is 4.35. The molecule has 4 nitrogen and oxygen atoms in total. The molecule has 7 heteroatoms. The summed E-state index contributed by atoms with van der Waals surface area (Å²) < 4.78 is 1.88. The average molecular weight is 391 g/mol. The molecule has 1 aromatic carbocycles. The SMILES string of the molecule is Cc1ncccc1CNc1c2c(nn1-c1cccc(Cl)c1Cl)CSC2. The predicted octanol–water partition coefficient (Wildman–Crippen LogP) is 5.24. The molecule has 128 valence electrons. The van der Waals surface area contributed by atoms with Gasteiger partial charge in [0.25, 0.3) is 0 Å². The summed E-state index contributed by atoms with van der Waals surface area (Å²) in [5.41, 5.74) is 5.31. The first-order valence-corrected chi connectivity index (χ1v) is 9.83. The van der Waals surface area contributed by atoms with E-state index in [0.29, 0.717) is 16.6 Å². The van der Waals surface area contributed by atoms with Crippen LogP contribution >= 0.6 is 35.0 Å². The van der Waals surface area contributed by atoms with Crippen molar-refractivity contribution in [3.8, 4) is 5.69 Å². The zero-order valence-electron chi connectivity index (χ0n) is 13.6. The van der Waals surface area contributed by atoms with Gasteiger partial charge < -0.3 is 5.32 Å². The third kappa shape index (κ3) is 3.12. The van der Waals surface area contributed by atoms with Gasteiger partial charge in [0.15, 0.2) is 0 Å². The lowest BCUT2D eigenvalue weighted by molar-refractivity contribution is 0.855. The van der Waals surface area contributed by atoms with Crippen LogP contribution in [0.3, 0.4) is 0 Å². The molecule has 3 heterocycles. The molecule has 0 atom stereocenters. The van der Waals surface area contributed by atoms with Crippen LogP contribution in [-0.2, 0) is 18.1 Å². The number of halogens is 2. The minimum absolute atomic E-state index is 0.513. The van der Waals surface area contributed by atoms with Gasteiger partial charge >= 0.3 is 0 Å². The van der Waals surface area contributed by atoms with E-state index < -0.39 is 0 Å². The molecule has 1 N–H and O–H groups in total. The summed E-state index contributed by atoms with van der Waals surface area (Å²) in [6.07, 6.45) is 1.81. The number of nitrogens with zero attached hydrogens (tertiary/aromatic N) is 3. The molecule has 0 spiro atoms. The molecular formula is C18H16Cl2N4S. The number of benzene rings is 1. The molecule has 25 heavy (non-hydrogen) atoms. The molecule has 0 saturated heterocycles. The fourth-order valence-electron chi connectivity index (χ4n) is 2.91. The molecule has 0 bridgehead atoms. The van der Waals surface area contributed by atoms with E-state index in [2.05, 4.69) is 16.4 Å². The van der Waals surface area contributed by atoms with Crippen molar-refractivity contribution < 1.29 is 0 Å². The van der Waals surface area contributed by atoms with E-state index in [-0.39, 0.29) is 0 Å². The van der Waals surface area contributed by atoms with Crippen molar-refractivity contribution in [2.24, 2.45) is 0 Å². The van der Waals surface area contributed by atoms with Crippen molar-refractivity contribution in [1.82, 2.24) is 14.8 Å². The number of hydrogen-bond acceptors (Lipinski definition) is 4. The Morgan fingerprint density at radius 2 is 2.08 bits per heavy atom. The number of nitrogens with one attached hydrogen (secondary N) is 1. The van der Waals surface area contributed by atoms with E-state index in [1.807, 2.05) is 47.8 Å². The van der Waals surface area contributed by atoms with Gasteiger partial charge in [0.05, 0.1) is 21.4 Å². The minimum Gasteiger partial charge on any atom is -0.366 e. The Bertz CT molecular complexity index is 939. The van der Waals surface area contributed by atoms with Crippen molar-refractivity contribution in [3.05, 3.63) is 69.1 Å². The lowest BCUT2D eigenvalue weighted by Crippen LogP contribution is -2.09. The Hall–Kier alpha value is -1.69. The van der Waals surface area contributed by atoms with Crippen LogP contribution in [-0.4, -0.2) is 14.8 Å². The summed E-state index contributed by atoms with van der Waals surface area (Å²) in [7, 11) is 0. The molecular weight excluding hydrogens is 375 g/mol. The van der Waals surface area contributed by atoms with Crippen molar-refractivity contribution in [2.45, 2.75) is 25.0 Å². The summed E-state index contributed by atoms with van der Waals surface area (Å²) in [5, 5.41) is 9.35. The largest absolute Gasteiger partial charge is 0.366 e. The Balaban J connectivity index is 1.74. The first-order chi connectivity index (χ1) is 12.1. The van der Waals surface area contributed by atoms with Gasteiger partial charge in [0, 0.05) is 35.5 Å². The smallest absolute Gasteiger partial charge is 0.134 e. The zero-order chi connectivity index (χ0) is 17.4. The lowest BCUT2D eigenvalue weighted by Gasteiger charge is -2.14. The molecule has 4 rings (SSSR count). The predicted molar refractivity (Wildman–Crippen MR) is 105 cm³/mol.